The maximum Gasteiger partial charge on any atom is 0.375 e. The van der Waals surface area contributed by atoms with Crippen LogP contribution in [0.2, 0.25) is 0 Å². The lowest BCUT2D eigenvalue weighted by atomic mass is 10.1. The van der Waals surface area contributed by atoms with Crippen LogP contribution < -0.4 is 0 Å². The summed E-state index contributed by atoms with van der Waals surface area (Å²) < 4.78 is 15.8. The normalized spacial score (nSPS) is 10.8. The number of furan rings is 1. The zero-order chi connectivity index (χ0) is 16.2. The van der Waals surface area contributed by atoms with Gasteiger partial charge in [0.25, 0.3) is 0 Å². The molecule has 0 aliphatic carbocycles. The van der Waals surface area contributed by atoms with Gasteiger partial charge in [0.1, 0.15) is 5.58 Å². The van der Waals surface area contributed by atoms with Gasteiger partial charge in [-0.2, -0.15) is 0 Å². The fourth-order valence-corrected chi connectivity index (χ4v) is 2.91. The molecule has 0 spiro atoms. The van der Waals surface area contributed by atoms with Crippen LogP contribution in [0.15, 0.2) is 46.2 Å². The van der Waals surface area contributed by atoms with Crippen molar-refractivity contribution in [1.82, 2.24) is 0 Å². The lowest BCUT2D eigenvalue weighted by Crippen LogP contribution is -2.14. The number of methoxy groups -OCH3 is 1. The minimum atomic E-state index is -0.668. The van der Waals surface area contributed by atoms with Crippen molar-refractivity contribution in [1.29, 1.82) is 0 Å². The summed E-state index contributed by atoms with van der Waals surface area (Å²) in [5.41, 5.74) is 1.20. The van der Waals surface area contributed by atoms with E-state index in [1.165, 1.54) is 18.4 Å². The largest absolute Gasteiger partial charge is 0.451 e. The number of Topliss-reactive ketones (excluding diaryl/α,β-unsaturated/α-hetero) is 1. The summed E-state index contributed by atoms with van der Waals surface area (Å²) in [5.74, 6) is -0.831. The highest BCUT2D eigenvalue weighted by atomic mass is 32.1. The Kier molecular flexibility index (Phi) is 4.55. The SMILES string of the molecule is COCc1c(C(=O)OCC(=O)c2cccs2)oc2ccccc12. The summed E-state index contributed by atoms with van der Waals surface area (Å²) in [4.78, 5) is 24.7. The molecule has 0 aliphatic heterocycles. The summed E-state index contributed by atoms with van der Waals surface area (Å²) in [6, 6.07) is 10.8. The Hall–Kier alpha value is -2.44. The highest BCUT2D eigenvalue weighted by molar-refractivity contribution is 7.12. The number of hydrogen-bond acceptors (Lipinski definition) is 6. The lowest BCUT2D eigenvalue weighted by molar-refractivity contribution is 0.0442. The van der Waals surface area contributed by atoms with Crippen LogP contribution in [0.3, 0.4) is 0 Å². The first-order valence-electron chi connectivity index (χ1n) is 6.94. The predicted molar refractivity (Wildman–Crippen MR) is 85.9 cm³/mol. The first-order chi connectivity index (χ1) is 11.2. The van der Waals surface area contributed by atoms with Crippen molar-refractivity contribution in [3.63, 3.8) is 0 Å². The quantitative estimate of drug-likeness (QED) is 0.509. The van der Waals surface area contributed by atoms with Crippen molar-refractivity contribution >= 4 is 34.1 Å². The fourth-order valence-electron chi connectivity index (χ4n) is 2.26. The van der Waals surface area contributed by atoms with Crippen LogP contribution in [-0.4, -0.2) is 25.5 Å². The Bertz CT molecular complexity index is 832. The first kappa shape index (κ1) is 15.5. The zero-order valence-electron chi connectivity index (χ0n) is 12.4. The van der Waals surface area contributed by atoms with Crippen LogP contribution in [-0.2, 0) is 16.1 Å². The fraction of sp³-hybridized carbons (Fsp3) is 0.176. The van der Waals surface area contributed by atoms with E-state index in [-0.39, 0.29) is 24.8 Å². The standard InChI is InChI=1S/C17H14O5S/c1-20-9-12-11-5-2-3-6-14(11)22-16(12)17(19)21-10-13(18)15-7-4-8-23-15/h2-8H,9-10H2,1H3. The smallest absolute Gasteiger partial charge is 0.375 e. The van der Waals surface area contributed by atoms with Gasteiger partial charge in [-0.3, -0.25) is 4.79 Å². The molecule has 5 nitrogen and oxygen atoms in total. The molecule has 6 heteroatoms. The second-order valence-corrected chi connectivity index (χ2v) is 5.76. The van der Waals surface area contributed by atoms with Gasteiger partial charge in [-0.15, -0.1) is 11.3 Å². The van der Waals surface area contributed by atoms with Crippen LogP contribution in [0.25, 0.3) is 11.0 Å². The van der Waals surface area contributed by atoms with Gasteiger partial charge in [0, 0.05) is 18.1 Å². The van der Waals surface area contributed by atoms with Crippen molar-refractivity contribution in [2.45, 2.75) is 6.61 Å². The molecule has 3 rings (SSSR count). The van der Waals surface area contributed by atoms with Gasteiger partial charge in [0.2, 0.25) is 11.5 Å². The number of fused-ring (bicyclic) bond motifs is 1. The second-order valence-electron chi connectivity index (χ2n) is 4.82. The molecule has 2 aromatic heterocycles. The molecule has 0 saturated heterocycles. The van der Waals surface area contributed by atoms with Crippen molar-refractivity contribution in [2.75, 3.05) is 13.7 Å². The minimum absolute atomic E-state index is 0.0760. The molecule has 0 amide bonds. The highest BCUT2D eigenvalue weighted by Crippen LogP contribution is 2.27. The van der Waals surface area contributed by atoms with Crippen LogP contribution in [0.1, 0.15) is 25.8 Å². The molecule has 3 aromatic rings. The minimum Gasteiger partial charge on any atom is -0.451 e. The average Bonchev–Trinajstić information content (AvgIpc) is 3.21. The number of carbonyl (C=O) groups excluding carboxylic acids is 2. The van der Waals surface area contributed by atoms with Crippen molar-refractivity contribution < 1.29 is 23.5 Å². The maximum atomic E-state index is 12.3. The van der Waals surface area contributed by atoms with E-state index < -0.39 is 5.97 Å². The molecule has 0 bridgehead atoms. The first-order valence-corrected chi connectivity index (χ1v) is 7.82. The zero-order valence-corrected chi connectivity index (χ0v) is 13.2. The molecule has 0 radical (unpaired) electrons. The Morgan fingerprint density at radius 2 is 2.00 bits per heavy atom. The Balaban J connectivity index is 1.80. The van der Waals surface area contributed by atoms with E-state index in [1.807, 2.05) is 18.2 Å². The van der Waals surface area contributed by atoms with E-state index in [9.17, 15) is 9.59 Å². The molecule has 23 heavy (non-hydrogen) atoms. The van der Waals surface area contributed by atoms with Gasteiger partial charge in [0.15, 0.2) is 6.61 Å². The topological polar surface area (TPSA) is 65.7 Å². The summed E-state index contributed by atoms with van der Waals surface area (Å²) in [5, 5.41) is 2.59. The molecule has 0 atom stereocenters. The molecule has 0 fully saturated rings. The van der Waals surface area contributed by atoms with Crippen LogP contribution in [0.4, 0.5) is 0 Å². The number of esters is 1. The monoisotopic (exact) mass is 330 g/mol. The van der Waals surface area contributed by atoms with Crippen LogP contribution in [0, 0.1) is 0 Å². The van der Waals surface area contributed by atoms with Crippen LogP contribution >= 0.6 is 11.3 Å². The third-order valence-electron chi connectivity index (χ3n) is 3.30. The third-order valence-corrected chi connectivity index (χ3v) is 4.21. The van der Waals surface area contributed by atoms with Crippen molar-refractivity contribution in [3.8, 4) is 0 Å². The number of ketones is 1. The van der Waals surface area contributed by atoms with E-state index in [0.29, 0.717) is 16.0 Å². The van der Waals surface area contributed by atoms with E-state index in [0.717, 1.165) is 5.39 Å². The molecule has 0 aliphatic rings. The van der Waals surface area contributed by atoms with E-state index in [4.69, 9.17) is 13.9 Å². The van der Waals surface area contributed by atoms with Gasteiger partial charge in [-0.05, 0) is 17.5 Å². The van der Waals surface area contributed by atoms with Crippen LogP contribution in [0.5, 0.6) is 0 Å². The number of thiophene rings is 1. The third kappa shape index (κ3) is 3.18. The molecule has 0 N–H and O–H groups in total. The van der Waals surface area contributed by atoms with Gasteiger partial charge >= 0.3 is 5.97 Å². The molecule has 0 saturated carbocycles. The Morgan fingerprint density at radius 1 is 1.17 bits per heavy atom. The summed E-state index contributed by atoms with van der Waals surface area (Å²) in [6.45, 7) is -0.0941. The van der Waals surface area contributed by atoms with E-state index >= 15 is 0 Å². The number of carbonyl (C=O) groups is 2. The number of ether oxygens (including phenoxy) is 2. The molecule has 0 unspecified atom stereocenters. The molecule has 118 valence electrons. The molecule has 1 aromatic carbocycles. The van der Waals surface area contributed by atoms with Gasteiger partial charge < -0.3 is 13.9 Å². The predicted octanol–water partition coefficient (Wildman–Crippen LogP) is 3.68. The van der Waals surface area contributed by atoms with Gasteiger partial charge in [-0.1, -0.05) is 24.3 Å². The number of rotatable bonds is 6. The van der Waals surface area contributed by atoms with Crippen molar-refractivity contribution in [3.05, 3.63) is 58.0 Å². The highest BCUT2D eigenvalue weighted by Gasteiger charge is 2.22. The van der Waals surface area contributed by atoms with Gasteiger partial charge in [-0.25, -0.2) is 4.79 Å². The molecular formula is C17H14O5S. The Morgan fingerprint density at radius 3 is 2.74 bits per heavy atom. The average molecular weight is 330 g/mol. The number of para-hydroxylation sites is 1. The summed E-state index contributed by atoms with van der Waals surface area (Å²) in [6.07, 6.45) is 0. The van der Waals surface area contributed by atoms with Crippen molar-refractivity contribution in [2.24, 2.45) is 0 Å². The molecule has 2 heterocycles. The summed E-state index contributed by atoms with van der Waals surface area (Å²) >= 11 is 1.31. The van der Waals surface area contributed by atoms with E-state index in [1.54, 1.807) is 23.6 Å². The second kappa shape index (κ2) is 6.76. The lowest BCUT2D eigenvalue weighted by Gasteiger charge is -2.03. The number of benzene rings is 1. The molecular weight excluding hydrogens is 316 g/mol. The Labute approximate surface area is 136 Å². The maximum absolute atomic E-state index is 12.3. The summed E-state index contributed by atoms with van der Waals surface area (Å²) in [7, 11) is 1.54. The number of hydrogen-bond donors (Lipinski definition) is 0. The van der Waals surface area contributed by atoms with Gasteiger partial charge in [0.05, 0.1) is 11.5 Å². The van der Waals surface area contributed by atoms with E-state index in [2.05, 4.69) is 0 Å².